The summed E-state index contributed by atoms with van der Waals surface area (Å²) in [7, 11) is 4.28. The maximum Gasteiger partial charge on any atom is 0.0446 e. The van der Waals surface area contributed by atoms with E-state index in [1.165, 1.54) is 24.0 Å². The maximum absolute atomic E-state index is 3.47. The number of nitrogens with zero attached hydrogens (tertiary/aromatic N) is 1. The van der Waals surface area contributed by atoms with Crippen molar-refractivity contribution in [2.45, 2.75) is 59.5 Å². The summed E-state index contributed by atoms with van der Waals surface area (Å²) in [4.78, 5) is 2.46. The van der Waals surface area contributed by atoms with Gasteiger partial charge in [0, 0.05) is 18.6 Å². The molecule has 0 heterocycles. The molecule has 2 atom stereocenters. The molecule has 0 saturated heterocycles. The van der Waals surface area contributed by atoms with Gasteiger partial charge < -0.3 is 10.2 Å². The van der Waals surface area contributed by atoms with Crippen molar-refractivity contribution in [2.24, 2.45) is 5.41 Å². The van der Waals surface area contributed by atoms with E-state index in [-0.39, 0.29) is 0 Å². The van der Waals surface area contributed by atoms with Crippen molar-refractivity contribution in [3.63, 3.8) is 0 Å². The molecule has 0 spiro atoms. The molecule has 2 nitrogen and oxygen atoms in total. The highest BCUT2D eigenvalue weighted by Gasteiger charge is 2.25. The minimum atomic E-state index is 0.304. The van der Waals surface area contributed by atoms with Crippen LogP contribution < -0.4 is 5.32 Å². The summed E-state index contributed by atoms with van der Waals surface area (Å²) < 4.78 is 0. The van der Waals surface area contributed by atoms with Crippen LogP contribution in [-0.4, -0.2) is 31.6 Å². The van der Waals surface area contributed by atoms with Crippen LogP contribution in [0, 0.1) is 5.41 Å². The smallest absolute Gasteiger partial charge is 0.0446 e. The minimum Gasteiger partial charge on any atom is -0.312 e. The van der Waals surface area contributed by atoms with Crippen LogP contribution in [-0.2, 0) is 6.42 Å². The average Bonchev–Trinajstić information content (AvgIpc) is 2.44. The Kier molecular flexibility index (Phi) is 6.89. The van der Waals surface area contributed by atoms with Gasteiger partial charge in [-0.05, 0) is 44.0 Å². The van der Waals surface area contributed by atoms with Crippen molar-refractivity contribution in [1.82, 2.24) is 10.2 Å². The summed E-state index contributed by atoms with van der Waals surface area (Å²) in [5.41, 5.74) is 3.12. The predicted octanol–water partition coefficient (Wildman–Crippen LogP) is 4.27. The highest BCUT2D eigenvalue weighted by Crippen LogP contribution is 2.25. The average molecular weight is 290 g/mol. The Labute approximate surface area is 131 Å². The van der Waals surface area contributed by atoms with Gasteiger partial charge >= 0.3 is 0 Å². The van der Waals surface area contributed by atoms with Gasteiger partial charge in [-0.2, -0.15) is 0 Å². The Morgan fingerprint density at radius 1 is 1.14 bits per heavy atom. The first-order valence-electron chi connectivity index (χ1n) is 8.26. The zero-order valence-corrected chi connectivity index (χ0v) is 15.0. The topological polar surface area (TPSA) is 15.3 Å². The zero-order valence-electron chi connectivity index (χ0n) is 15.0. The lowest BCUT2D eigenvalue weighted by Crippen LogP contribution is -2.43. The molecule has 2 unspecified atom stereocenters. The number of likely N-dealkylation sites (N-methyl/N-ethyl adjacent to an activating group) is 2. The third-order valence-corrected chi connectivity index (χ3v) is 4.65. The van der Waals surface area contributed by atoms with Gasteiger partial charge in [-0.1, -0.05) is 58.4 Å². The van der Waals surface area contributed by atoms with E-state index in [9.17, 15) is 0 Å². The van der Waals surface area contributed by atoms with E-state index < -0.39 is 0 Å². The number of hydrogen-bond donors (Lipinski definition) is 1. The summed E-state index contributed by atoms with van der Waals surface area (Å²) >= 11 is 0. The van der Waals surface area contributed by atoms with E-state index >= 15 is 0 Å². The van der Waals surface area contributed by atoms with Crippen LogP contribution in [0.2, 0.25) is 0 Å². The van der Waals surface area contributed by atoms with Gasteiger partial charge in [-0.15, -0.1) is 0 Å². The lowest BCUT2D eigenvalue weighted by molar-refractivity contribution is 0.130. The van der Waals surface area contributed by atoms with E-state index in [1.807, 2.05) is 0 Å². The predicted molar refractivity (Wildman–Crippen MR) is 93.8 cm³/mol. The monoisotopic (exact) mass is 290 g/mol. The van der Waals surface area contributed by atoms with Crippen molar-refractivity contribution >= 4 is 0 Å². The normalized spacial score (nSPS) is 15.2. The molecular weight excluding hydrogens is 256 g/mol. The quantitative estimate of drug-likeness (QED) is 0.807. The van der Waals surface area contributed by atoms with Gasteiger partial charge in [0.1, 0.15) is 0 Å². The lowest BCUT2D eigenvalue weighted by atomic mass is 9.87. The molecule has 2 heteroatoms. The van der Waals surface area contributed by atoms with Crippen molar-refractivity contribution < 1.29 is 0 Å². The fraction of sp³-hybridized carbons (Fsp3) is 0.684. The first kappa shape index (κ1) is 18.2. The van der Waals surface area contributed by atoms with Crippen LogP contribution in [0.3, 0.4) is 0 Å². The standard InChI is InChI=1S/C19H34N2/c1-8-9-16-10-12-17(13-11-16)18(20-6)14-21(7)15(2)19(3,4)5/h10-13,15,18,20H,8-9,14H2,1-7H3. The molecule has 0 saturated carbocycles. The fourth-order valence-electron chi connectivity index (χ4n) is 2.68. The van der Waals surface area contributed by atoms with Crippen LogP contribution in [0.25, 0.3) is 0 Å². The molecular formula is C19H34N2. The maximum atomic E-state index is 3.47. The summed E-state index contributed by atoms with van der Waals surface area (Å²) in [5, 5.41) is 3.47. The summed E-state index contributed by atoms with van der Waals surface area (Å²) in [6.45, 7) is 12.5. The zero-order chi connectivity index (χ0) is 16.0. The molecule has 1 aromatic carbocycles. The van der Waals surface area contributed by atoms with Crippen LogP contribution in [0.15, 0.2) is 24.3 Å². The first-order valence-corrected chi connectivity index (χ1v) is 8.26. The van der Waals surface area contributed by atoms with E-state index in [1.54, 1.807) is 0 Å². The second-order valence-corrected chi connectivity index (χ2v) is 7.31. The highest BCUT2D eigenvalue weighted by molar-refractivity contribution is 5.25. The van der Waals surface area contributed by atoms with Gasteiger partial charge in [0.05, 0.1) is 0 Å². The van der Waals surface area contributed by atoms with Crippen molar-refractivity contribution in [3.8, 4) is 0 Å². The molecule has 0 aliphatic rings. The van der Waals surface area contributed by atoms with E-state index in [2.05, 4.69) is 83.2 Å². The summed E-state index contributed by atoms with van der Waals surface area (Å²) in [6.07, 6.45) is 2.38. The van der Waals surface area contributed by atoms with Crippen LogP contribution in [0.4, 0.5) is 0 Å². The van der Waals surface area contributed by atoms with Crippen molar-refractivity contribution in [3.05, 3.63) is 35.4 Å². The van der Waals surface area contributed by atoms with Crippen LogP contribution in [0.5, 0.6) is 0 Å². The molecule has 1 N–H and O–H groups in total. The number of rotatable bonds is 7. The Bertz CT molecular complexity index is 403. The van der Waals surface area contributed by atoms with E-state index in [4.69, 9.17) is 0 Å². The van der Waals surface area contributed by atoms with Gasteiger partial charge in [0.2, 0.25) is 0 Å². The summed E-state index contributed by atoms with van der Waals surface area (Å²) in [5.74, 6) is 0. The molecule has 0 radical (unpaired) electrons. The van der Waals surface area contributed by atoms with Gasteiger partial charge in [0.25, 0.3) is 0 Å². The van der Waals surface area contributed by atoms with Crippen LogP contribution in [0.1, 0.15) is 58.2 Å². The molecule has 21 heavy (non-hydrogen) atoms. The molecule has 120 valence electrons. The molecule has 0 bridgehead atoms. The molecule has 0 aliphatic carbocycles. The fourth-order valence-corrected chi connectivity index (χ4v) is 2.68. The third-order valence-electron chi connectivity index (χ3n) is 4.65. The van der Waals surface area contributed by atoms with Crippen molar-refractivity contribution in [1.29, 1.82) is 0 Å². The molecule has 0 aliphatic heterocycles. The molecule has 1 aromatic rings. The van der Waals surface area contributed by atoms with E-state index in [0.717, 1.165) is 6.54 Å². The largest absolute Gasteiger partial charge is 0.312 e. The lowest BCUT2D eigenvalue weighted by Gasteiger charge is -2.37. The number of aryl methyl sites for hydroxylation is 1. The van der Waals surface area contributed by atoms with Crippen molar-refractivity contribution in [2.75, 3.05) is 20.6 Å². The number of nitrogens with one attached hydrogen (secondary N) is 1. The number of benzene rings is 1. The van der Waals surface area contributed by atoms with Crippen LogP contribution >= 0.6 is 0 Å². The summed E-state index contributed by atoms with van der Waals surface area (Å²) in [6, 6.07) is 10.0. The Morgan fingerprint density at radius 2 is 1.71 bits per heavy atom. The molecule has 1 rings (SSSR count). The third kappa shape index (κ3) is 5.44. The number of hydrogen-bond acceptors (Lipinski definition) is 2. The van der Waals surface area contributed by atoms with Gasteiger partial charge in [-0.3, -0.25) is 0 Å². The molecule has 0 fully saturated rings. The second kappa shape index (κ2) is 7.95. The second-order valence-electron chi connectivity index (χ2n) is 7.31. The van der Waals surface area contributed by atoms with Gasteiger partial charge in [0.15, 0.2) is 0 Å². The first-order chi connectivity index (χ1) is 9.79. The van der Waals surface area contributed by atoms with E-state index in [0.29, 0.717) is 17.5 Å². The minimum absolute atomic E-state index is 0.304. The molecule has 0 amide bonds. The molecule has 0 aromatic heterocycles. The Hall–Kier alpha value is -0.860. The van der Waals surface area contributed by atoms with Gasteiger partial charge in [-0.25, -0.2) is 0 Å². The SMILES string of the molecule is CCCc1ccc(C(CN(C)C(C)C(C)(C)C)NC)cc1. The highest BCUT2D eigenvalue weighted by atomic mass is 15.2. The Balaban J connectivity index is 2.74. The Morgan fingerprint density at radius 3 is 2.14 bits per heavy atom.